The number of halogens is 2. The molecule has 0 amide bonds. The van der Waals surface area contributed by atoms with Crippen LogP contribution in [0.5, 0.6) is 0 Å². The fourth-order valence-corrected chi connectivity index (χ4v) is 2.94. The van der Waals surface area contributed by atoms with Gasteiger partial charge in [0.15, 0.2) is 0 Å². The third-order valence-corrected chi connectivity index (χ3v) is 4.09. The molecule has 1 aliphatic rings. The maximum absolute atomic E-state index is 10.9. The third-order valence-electron chi connectivity index (χ3n) is 3.53. The highest BCUT2D eigenvalue weighted by Crippen LogP contribution is 2.32. The topological polar surface area (TPSA) is 40.5 Å². The first-order chi connectivity index (χ1) is 8.49. The van der Waals surface area contributed by atoms with Gasteiger partial charge < -0.3 is 5.11 Å². The van der Waals surface area contributed by atoms with Crippen molar-refractivity contribution in [1.82, 2.24) is 4.90 Å². The van der Waals surface area contributed by atoms with E-state index in [1.807, 2.05) is 19.1 Å². The van der Waals surface area contributed by atoms with Gasteiger partial charge in [-0.1, -0.05) is 29.3 Å². The number of benzene rings is 1. The normalized spacial score (nSPS) is 22.1. The summed E-state index contributed by atoms with van der Waals surface area (Å²) in [6.07, 6.45) is 0.699. The van der Waals surface area contributed by atoms with Gasteiger partial charge in [0.1, 0.15) is 0 Å². The molecule has 5 heteroatoms. The molecule has 1 saturated heterocycles. The second-order valence-electron chi connectivity index (χ2n) is 4.66. The van der Waals surface area contributed by atoms with Crippen LogP contribution in [-0.4, -0.2) is 29.1 Å². The van der Waals surface area contributed by atoms with Crippen LogP contribution in [0.3, 0.4) is 0 Å². The molecule has 1 N–H and O–H groups in total. The summed E-state index contributed by atoms with van der Waals surface area (Å²) >= 11 is 12.0. The van der Waals surface area contributed by atoms with E-state index in [0.29, 0.717) is 23.0 Å². The number of hydrogen-bond donors (Lipinski definition) is 1. The predicted octanol–water partition coefficient (Wildman–Crippen LogP) is 3.46. The lowest BCUT2D eigenvalue weighted by molar-refractivity contribution is -0.141. The Labute approximate surface area is 116 Å². The highest BCUT2D eigenvalue weighted by molar-refractivity contribution is 6.35. The Hall–Kier alpha value is -0.770. The molecule has 0 saturated carbocycles. The number of carboxylic acid groups (broad SMARTS) is 1. The van der Waals surface area contributed by atoms with Crippen molar-refractivity contribution in [2.24, 2.45) is 5.92 Å². The van der Waals surface area contributed by atoms with Gasteiger partial charge in [0, 0.05) is 22.6 Å². The summed E-state index contributed by atoms with van der Waals surface area (Å²) in [4.78, 5) is 13.1. The standard InChI is InChI=1S/C13H15Cl2NO2/c1-8(11-3-2-10(14)6-12(11)15)16-5-4-9(7-16)13(17)18/h2-3,6,8-9H,4-5,7H2,1H3,(H,17,18)/t8-,9-/m1/s1. The summed E-state index contributed by atoms with van der Waals surface area (Å²) in [6.45, 7) is 3.41. The van der Waals surface area contributed by atoms with Crippen molar-refractivity contribution < 1.29 is 9.90 Å². The lowest BCUT2D eigenvalue weighted by atomic mass is 10.1. The summed E-state index contributed by atoms with van der Waals surface area (Å²) in [5.74, 6) is -0.981. The third kappa shape index (κ3) is 2.79. The molecule has 2 rings (SSSR count). The molecular weight excluding hydrogens is 273 g/mol. The first-order valence-electron chi connectivity index (χ1n) is 5.91. The Balaban J connectivity index is 2.12. The summed E-state index contributed by atoms with van der Waals surface area (Å²) in [6, 6.07) is 5.55. The van der Waals surface area contributed by atoms with Gasteiger partial charge in [-0.25, -0.2) is 0 Å². The van der Waals surface area contributed by atoms with Crippen LogP contribution in [0.1, 0.15) is 24.9 Å². The van der Waals surface area contributed by atoms with Crippen molar-refractivity contribution in [2.75, 3.05) is 13.1 Å². The molecule has 0 unspecified atom stereocenters. The van der Waals surface area contributed by atoms with Crippen LogP contribution in [0.4, 0.5) is 0 Å². The smallest absolute Gasteiger partial charge is 0.307 e. The van der Waals surface area contributed by atoms with Crippen molar-refractivity contribution in [3.8, 4) is 0 Å². The van der Waals surface area contributed by atoms with Crippen LogP contribution < -0.4 is 0 Å². The molecule has 0 spiro atoms. The summed E-state index contributed by atoms with van der Waals surface area (Å²) in [5.41, 5.74) is 0.993. The Morgan fingerprint density at radius 2 is 2.22 bits per heavy atom. The zero-order valence-corrected chi connectivity index (χ0v) is 11.6. The van der Waals surface area contributed by atoms with Crippen molar-refractivity contribution >= 4 is 29.2 Å². The first-order valence-corrected chi connectivity index (χ1v) is 6.66. The molecule has 2 atom stereocenters. The monoisotopic (exact) mass is 287 g/mol. The minimum absolute atomic E-state index is 0.110. The Kier molecular flexibility index (Phi) is 4.15. The minimum Gasteiger partial charge on any atom is -0.481 e. The number of aliphatic carboxylic acids is 1. The number of nitrogens with zero attached hydrogens (tertiary/aromatic N) is 1. The van der Waals surface area contributed by atoms with E-state index in [0.717, 1.165) is 12.1 Å². The second-order valence-corrected chi connectivity index (χ2v) is 5.50. The van der Waals surface area contributed by atoms with E-state index in [-0.39, 0.29) is 12.0 Å². The maximum Gasteiger partial charge on any atom is 0.307 e. The van der Waals surface area contributed by atoms with E-state index in [9.17, 15) is 4.79 Å². The molecule has 1 aromatic rings. The van der Waals surface area contributed by atoms with Gasteiger partial charge in [-0.15, -0.1) is 0 Å². The van der Waals surface area contributed by atoms with E-state index in [1.54, 1.807) is 6.07 Å². The van der Waals surface area contributed by atoms with Crippen LogP contribution in [0.2, 0.25) is 10.0 Å². The van der Waals surface area contributed by atoms with Crippen molar-refractivity contribution in [3.63, 3.8) is 0 Å². The second kappa shape index (κ2) is 5.47. The SMILES string of the molecule is C[C@H](c1ccc(Cl)cc1Cl)N1CC[C@@H](C(=O)O)C1. The molecule has 1 aliphatic heterocycles. The van der Waals surface area contributed by atoms with Crippen molar-refractivity contribution in [1.29, 1.82) is 0 Å². The molecule has 0 aromatic heterocycles. The average Bonchev–Trinajstić information content (AvgIpc) is 2.77. The Morgan fingerprint density at radius 1 is 1.50 bits per heavy atom. The molecular formula is C13H15Cl2NO2. The molecule has 1 fully saturated rings. The molecule has 0 aliphatic carbocycles. The lowest BCUT2D eigenvalue weighted by Crippen LogP contribution is -2.26. The van der Waals surface area contributed by atoms with Gasteiger partial charge in [-0.2, -0.15) is 0 Å². The molecule has 3 nitrogen and oxygen atoms in total. The Morgan fingerprint density at radius 3 is 2.78 bits per heavy atom. The highest BCUT2D eigenvalue weighted by atomic mass is 35.5. The minimum atomic E-state index is -0.716. The highest BCUT2D eigenvalue weighted by Gasteiger charge is 2.31. The summed E-state index contributed by atoms with van der Waals surface area (Å²) in [7, 11) is 0. The largest absolute Gasteiger partial charge is 0.481 e. The summed E-state index contributed by atoms with van der Waals surface area (Å²) in [5, 5.41) is 10.2. The number of rotatable bonds is 3. The van der Waals surface area contributed by atoms with E-state index in [1.165, 1.54) is 0 Å². The number of carbonyl (C=O) groups is 1. The van der Waals surface area contributed by atoms with Crippen LogP contribution in [0.15, 0.2) is 18.2 Å². The molecule has 18 heavy (non-hydrogen) atoms. The van der Waals surface area contributed by atoms with E-state index in [2.05, 4.69) is 4.90 Å². The number of carboxylic acids is 1. The Bertz CT molecular complexity index is 464. The summed E-state index contributed by atoms with van der Waals surface area (Å²) < 4.78 is 0. The quantitative estimate of drug-likeness (QED) is 0.926. The van der Waals surface area contributed by atoms with Gasteiger partial charge in [-0.3, -0.25) is 9.69 Å². The van der Waals surface area contributed by atoms with Gasteiger partial charge in [0.05, 0.1) is 5.92 Å². The van der Waals surface area contributed by atoms with E-state index in [4.69, 9.17) is 28.3 Å². The fourth-order valence-electron chi connectivity index (χ4n) is 2.38. The van der Waals surface area contributed by atoms with E-state index < -0.39 is 5.97 Å². The zero-order chi connectivity index (χ0) is 13.3. The first kappa shape index (κ1) is 13.7. The van der Waals surface area contributed by atoms with Crippen molar-refractivity contribution in [2.45, 2.75) is 19.4 Å². The van der Waals surface area contributed by atoms with Crippen LogP contribution in [0, 0.1) is 5.92 Å². The zero-order valence-electron chi connectivity index (χ0n) is 10.1. The molecule has 1 heterocycles. The molecule has 98 valence electrons. The van der Waals surface area contributed by atoms with Gasteiger partial charge in [-0.05, 0) is 37.6 Å². The van der Waals surface area contributed by atoms with Gasteiger partial charge in [0.25, 0.3) is 0 Å². The van der Waals surface area contributed by atoms with Gasteiger partial charge >= 0.3 is 5.97 Å². The molecule has 1 aromatic carbocycles. The average molecular weight is 288 g/mol. The van der Waals surface area contributed by atoms with E-state index >= 15 is 0 Å². The molecule has 0 bridgehead atoms. The number of hydrogen-bond acceptors (Lipinski definition) is 2. The van der Waals surface area contributed by atoms with Crippen LogP contribution in [-0.2, 0) is 4.79 Å². The predicted molar refractivity (Wildman–Crippen MR) is 72.2 cm³/mol. The van der Waals surface area contributed by atoms with Gasteiger partial charge in [0.2, 0.25) is 0 Å². The van der Waals surface area contributed by atoms with Crippen LogP contribution in [0.25, 0.3) is 0 Å². The fraction of sp³-hybridized carbons (Fsp3) is 0.462. The lowest BCUT2D eigenvalue weighted by Gasteiger charge is -2.25. The molecule has 0 radical (unpaired) electrons. The number of likely N-dealkylation sites (tertiary alicyclic amines) is 1. The van der Waals surface area contributed by atoms with Crippen LogP contribution >= 0.6 is 23.2 Å². The maximum atomic E-state index is 10.9. The van der Waals surface area contributed by atoms with Crippen molar-refractivity contribution in [3.05, 3.63) is 33.8 Å².